The Balaban J connectivity index is 3.01. The molecule has 1 unspecified atom stereocenters. The number of hydrogen-bond acceptors (Lipinski definition) is 4. The first-order chi connectivity index (χ1) is 7.92. The molecule has 0 aliphatic rings. The highest BCUT2D eigenvalue weighted by Crippen LogP contribution is 2.17. The molecule has 0 bridgehead atoms. The predicted molar refractivity (Wildman–Crippen MR) is 62.7 cm³/mol. The molecule has 0 saturated heterocycles. The van der Waals surface area contributed by atoms with E-state index in [1.165, 1.54) is 0 Å². The van der Waals surface area contributed by atoms with E-state index < -0.39 is 10.0 Å². The van der Waals surface area contributed by atoms with E-state index in [2.05, 4.69) is 14.9 Å². The molecule has 0 fully saturated rings. The quantitative estimate of drug-likeness (QED) is 0.820. The molecule has 1 heterocycles. The van der Waals surface area contributed by atoms with Gasteiger partial charge in [0.2, 0.25) is 10.0 Å². The molecule has 1 rings (SSSR count). The van der Waals surface area contributed by atoms with Crippen molar-refractivity contribution in [2.75, 3.05) is 0 Å². The van der Waals surface area contributed by atoms with Crippen LogP contribution in [0.5, 0.6) is 0 Å². The smallest absolute Gasteiger partial charge is 0.244 e. The van der Waals surface area contributed by atoms with Crippen molar-refractivity contribution in [2.24, 2.45) is 0 Å². The van der Waals surface area contributed by atoms with E-state index in [1.54, 1.807) is 13.8 Å². The van der Waals surface area contributed by atoms with Crippen LogP contribution in [0, 0.1) is 25.2 Å². The van der Waals surface area contributed by atoms with E-state index in [4.69, 9.17) is 5.26 Å². The van der Waals surface area contributed by atoms with Crippen LogP contribution >= 0.6 is 0 Å². The highest BCUT2D eigenvalue weighted by Gasteiger charge is 2.24. The molecule has 6 nitrogen and oxygen atoms in total. The Hall–Kier alpha value is -1.39. The van der Waals surface area contributed by atoms with E-state index in [9.17, 15) is 8.42 Å². The molecule has 0 amide bonds. The number of nitriles is 1. The van der Waals surface area contributed by atoms with Gasteiger partial charge in [-0.3, -0.25) is 5.10 Å². The van der Waals surface area contributed by atoms with Gasteiger partial charge < -0.3 is 0 Å². The number of aromatic amines is 1. The van der Waals surface area contributed by atoms with Gasteiger partial charge >= 0.3 is 0 Å². The van der Waals surface area contributed by atoms with Crippen LogP contribution < -0.4 is 4.72 Å². The summed E-state index contributed by atoms with van der Waals surface area (Å²) in [6, 6.07) is 1.60. The van der Waals surface area contributed by atoms with Crippen LogP contribution in [0.1, 0.15) is 31.2 Å². The summed E-state index contributed by atoms with van der Waals surface area (Å²) < 4.78 is 26.7. The second-order valence-electron chi connectivity index (χ2n) is 3.85. The highest BCUT2D eigenvalue weighted by atomic mass is 32.2. The number of rotatable bonds is 5. The molecule has 94 valence electrons. The summed E-state index contributed by atoms with van der Waals surface area (Å²) in [5.74, 6) is 0. The van der Waals surface area contributed by atoms with Gasteiger partial charge in [0.1, 0.15) is 4.90 Å². The number of aromatic nitrogens is 2. The van der Waals surface area contributed by atoms with Crippen molar-refractivity contribution in [1.82, 2.24) is 14.9 Å². The van der Waals surface area contributed by atoms with Gasteiger partial charge in [0, 0.05) is 6.04 Å². The minimum Gasteiger partial charge on any atom is -0.281 e. The molecule has 7 heteroatoms. The van der Waals surface area contributed by atoms with Crippen LogP contribution in [0.15, 0.2) is 4.90 Å². The van der Waals surface area contributed by atoms with Gasteiger partial charge in [-0.2, -0.15) is 10.4 Å². The fourth-order valence-corrected chi connectivity index (χ4v) is 3.28. The maximum absolute atomic E-state index is 12.1. The number of nitrogens with one attached hydrogen (secondary N) is 2. The Morgan fingerprint density at radius 3 is 2.59 bits per heavy atom. The van der Waals surface area contributed by atoms with E-state index in [1.807, 2.05) is 13.0 Å². The average Bonchev–Trinajstić information content (AvgIpc) is 2.58. The molecule has 0 aliphatic carbocycles. The summed E-state index contributed by atoms with van der Waals surface area (Å²) in [6.45, 7) is 5.11. The molecule has 17 heavy (non-hydrogen) atoms. The zero-order chi connectivity index (χ0) is 13.1. The second kappa shape index (κ2) is 5.29. The Labute approximate surface area is 101 Å². The fraction of sp³-hybridized carbons (Fsp3) is 0.600. The molecular weight excluding hydrogens is 240 g/mol. The summed E-state index contributed by atoms with van der Waals surface area (Å²) in [7, 11) is -3.61. The molecule has 1 aromatic heterocycles. The number of aryl methyl sites for hydroxylation is 2. The third-order valence-electron chi connectivity index (χ3n) is 2.48. The van der Waals surface area contributed by atoms with Crippen LogP contribution in [-0.4, -0.2) is 24.7 Å². The number of nitrogens with zero attached hydrogens (tertiary/aromatic N) is 2. The van der Waals surface area contributed by atoms with Gasteiger partial charge in [0.25, 0.3) is 0 Å². The topological polar surface area (TPSA) is 98.6 Å². The van der Waals surface area contributed by atoms with Crippen LogP contribution in [0.25, 0.3) is 0 Å². The van der Waals surface area contributed by atoms with Gasteiger partial charge in [-0.05, 0) is 20.3 Å². The first-order valence-electron chi connectivity index (χ1n) is 5.33. The monoisotopic (exact) mass is 256 g/mol. The zero-order valence-electron chi connectivity index (χ0n) is 10.1. The van der Waals surface area contributed by atoms with Crippen LogP contribution in [0.4, 0.5) is 0 Å². The van der Waals surface area contributed by atoms with E-state index in [0.29, 0.717) is 17.8 Å². The van der Waals surface area contributed by atoms with E-state index >= 15 is 0 Å². The van der Waals surface area contributed by atoms with Crippen molar-refractivity contribution in [1.29, 1.82) is 5.26 Å². The van der Waals surface area contributed by atoms with Crippen molar-refractivity contribution >= 4 is 10.0 Å². The first-order valence-corrected chi connectivity index (χ1v) is 6.81. The Morgan fingerprint density at radius 1 is 1.53 bits per heavy atom. The molecule has 0 saturated carbocycles. The minimum absolute atomic E-state index is 0.158. The predicted octanol–water partition coefficient (Wildman–Crippen LogP) is 0.997. The average molecular weight is 256 g/mol. The maximum Gasteiger partial charge on any atom is 0.244 e. The standard InChI is InChI=1S/C10H16N4O2S/c1-4-9(5-6-11)14-17(15,16)10-7(2)12-13-8(10)3/h9,14H,4-5H2,1-3H3,(H,12,13). The number of H-pyrrole nitrogens is 1. The molecular formula is C10H16N4O2S. The second-order valence-corrected chi connectivity index (χ2v) is 5.50. The van der Waals surface area contributed by atoms with Crippen LogP contribution in [0.3, 0.4) is 0 Å². The molecule has 0 aromatic carbocycles. The zero-order valence-corrected chi connectivity index (χ0v) is 10.9. The van der Waals surface area contributed by atoms with Crippen molar-refractivity contribution < 1.29 is 8.42 Å². The lowest BCUT2D eigenvalue weighted by Gasteiger charge is -2.13. The molecule has 1 aromatic rings. The summed E-state index contributed by atoms with van der Waals surface area (Å²) >= 11 is 0. The largest absolute Gasteiger partial charge is 0.281 e. The van der Waals surface area contributed by atoms with Gasteiger partial charge in [-0.1, -0.05) is 6.92 Å². The summed E-state index contributed by atoms with van der Waals surface area (Å²) in [6.07, 6.45) is 0.731. The fourth-order valence-electron chi connectivity index (χ4n) is 1.59. The highest BCUT2D eigenvalue weighted by molar-refractivity contribution is 7.89. The molecule has 0 radical (unpaired) electrons. The third-order valence-corrected chi connectivity index (χ3v) is 4.26. The van der Waals surface area contributed by atoms with Crippen LogP contribution in [0.2, 0.25) is 0 Å². The van der Waals surface area contributed by atoms with Gasteiger partial charge in [-0.25, -0.2) is 13.1 Å². The molecule has 1 atom stereocenters. The van der Waals surface area contributed by atoms with Crippen LogP contribution in [-0.2, 0) is 10.0 Å². The summed E-state index contributed by atoms with van der Waals surface area (Å²) in [5.41, 5.74) is 0.934. The van der Waals surface area contributed by atoms with E-state index in [-0.39, 0.29) is 17.4 Å². The normalized spacial score (nSPS) is 13.3. The third kappa shape index (κ3) is 3.05. The minimum atomic E-state index is -3.61. The molecule has 0 aliphatic heterocycles. The summed E-state index contributed by atoms with van der Waals surface area (Å²) in [4.78, 5) is 0.175. The van der Waals surface area contributed by atoms with Crippen molar-refractivity contribution in [3.8, 4) is 6.07 Å². The lowest BCUT2D eigenvalue weighted by molar-refractivity contribution is 0.542. The Bertz CT molecular complexity index is 507. The van der Waals surface area contributed by atoms with Crippen molar-refractivity contribution in [3.63, 3.8) is 0 Å². The van der Waals surface area contributed by atoms with Gasteiger partial charge in [0.15, 0.2) is 0 Å². The van der Waals surface area contributed by atoms with E-state index in [0.717, 1.165) is 0 Å². The Morgan fingerprint density at radius 2 is 2.18 bits per heavy atom. The molecule has 2 N–H and O–H groups in total. The first kappa shape index (κ1) is 13.7. The lowest BCUT2D eigenvalue weighted by atomic mass is 10.2. The Kier molecular flexibility index (Phi) is 4.26. The van der Waals surface area contributed by atoms with Gasteiger partial charge in [-0.15, -0.1) is 0 Å². The summed E-state index contributed by atoms with van der Waals surface area (Å²) in [5, 5.41) is 15.1. The van der Waals surface area contributed by atoms with Gasteiger partial charge in [0.05, 0.1) is 23.9 Å². The SMILES string of the molecule is CCC(CC#N)NS(=O)(=O)c1c(C)n[nH]c1C. The lowest BCUT2D eigenvalue weighted by Crippen LogP contribution is -2.34. The van der Waals surface area contributed by atoms with Crippen molar-refractivity contribution in [2.45, 2.75) is 44.6 Å². The maximum atomic E-state index is 12.1. The number of hydrogen-bond donors (Lipinski definition) is 2. The van der Waals surface area contributed by atoms with Crippen molar-refractivity contribution in [3.05, 3.63) is 11.4 Å². The molecule has 0 spiro atoms. The number of sulfonamides is 1.